The molecule has 7 nitrogen and oxygen atoms in total. The van der Waals surface area contributed by atoms with E-state index in [4.69, 9.17) is 0 Å². The number of hydrogen-bond donors (Lipinski definition) is 0. The Kier molecular flexibility index (Phi) is 6.92. The topological polar surface area (TPSA) is 103 Å². The van der Waals surface area contributed by atoms with Gasteiger partial charge in [-0.1, -0.05) is 3.89 Å². The first-order chi connectivity index (χ1) is 6.90. The van der Waals surface area contributed by atoms with Crippen molar-refractivity contribution in [1.29, 1.82) is 0 Å². The summed E-state index contributed by atoms with van der Waals surface area (Å²) >= 11 is 0. The molecule has 0 N–H and O–H groups in total. The standard InChI is InChI=1S/C5H3FNO6S2.K/c6-15(10,11)7-14(9)13-5-2-1-4(3-8)12-5;/h1-3H;/q-1;+1. The molecule has 0 spiro atoms. The van der Waals surface area contributed by atoms with Gasteiger partial charge in [0.25, 0.3) is 5.95 Å². The second-order valence-corrected chi connectivity index (χ2v) is 4.08. The molecule has 0 radical (unpaired) electrons. The molecule has 0 aliphatic carbocycles. The number of carbonyl (C=O) groups excluding carboxylic acids is 1. The van der Waals surface area contributed by atoms with Crippen molar-refractivity contribution in [2.24, 2.45) is 3.77 Å². The Morgan fingerprint density at radius 3 is 2.56 bits per heavy atom. The maximum atomic E-state index is 11.9. The summed E-state index contributed by atoms with van der Waals surface area (Å²) in [4.78, 5) is 10.1. The molecule has 1 rings (SSSR count). The van der Waals surface area contributed by atoms with Crippen LogP contribution in [-0.2, 0) is 25.5 Å². The molecule has 1 heterocycles. The summed E-state index contributed by atoms with van der Waals surface area (Å²) in [6.07, 6.45) is 0.346. The molecule has 0 aliphatic heterocycles. The fourth-order valence-electron chi connectivity index (χ4n) is 0.601. The molecular weight excluding hydrogens is 292 g/mol. The van der Waals surface area contributed by atoms with Gasteiger partial charge in [-0.25, -0.2) is 3.77 Å². The van der Waals surface area contributed by atoms with Gasteiger partial charge in [-0.05, 0) is 6.07 Å². The molecule has 0 unspecified atom stereocenters. The van der Waals surface area contributed by atoms with E-state index in [1.807, 2.05) is 0 Å². The first-order valence-corrected chi connectivity index (χ1v) is 5.61. The third-order valence-corrected chi connectivity index (χ3v) is 2.53. The van der Waals surface area contributed by atoms with Crippen LogP contribution in [0.15, 0.2) is 20.3 Å². The molecule has 0 saturated carbocycles. The maximum Gasteiger partial charge on any atom is 1.00 e. The van der Waals surface area contributed by atoms with Crippen molar-refractivity contribution in [3.05, 3.63) is 17.9 Å². The van der Waals surface area contributed by atoms with Gasteiger partial charge in [0.1, 0.15) is 0 Å². The molecule has 84 valence electrons. The van der Waals surface area contributed by atoms with Crippen LogP contribution in [0.5, 0.6) is 5.95 Å². The van der Waals surface area contributed by atoms with Crippen molar-refractivity contribution in [3.8, 4) is 5.95 Å². The predicted octanol–water partition coefficient (Wildman–Crippen LogP) is -2.25. The number of furan rings is 1. The van der Waals surface area contributed by atoms with Gasteiger partial charge in [0.05, 0.1) is 0 Å². The number of halogens is 1. The van der Waals surface area contributed by atoms with Crippen molar-refractivity contribution in [2.45, 2.75) is 0 Å². The Morgan fingerprint density at radius 2 is 2.12 bits per heavy atom. The second-order valence-electron chi connectivity index (χ2n) is 2.06. The summed E-state index contributed by atoms with van der Waals surface area (Å²) in [6, 6.07) is 2.28. The molecular formula is C5H3FKNO6S2. The number of aldehydes is 1. The summed E-state index contributed by atoms with van der Waals surface area (Å²) < 4.78 is 53.3. The summed E-state index contributed by atoms with van der Waals surface area (Å²) in [5.74, 6) is -0.534. The Labute approximate surface area is 135 Å². The van der Waals surface area contributed by atoms with Gasteiger partial charge in [-0.2, -0.15) is 8.42 Å². The second kappa shape index (κ2) is 6.83. The number of nitrogens with zero attached hydrogens (tertiary/aromatic N) is 1. The van der Waals surface area contributed by atoms with E-state index < -0.39 is 27.2 Å². The van der Waals surface area contributed by atoms with Gasteiger partial charge < -0.3 is 12.8 Å². The third kappa shape index (κ3) is 6.08. The quantitative estimate of drug-likeness (QED) is 0.269. The fraction of sp³-hybridized carbons (Fsp3) is 0. The minimum absolute atomic E-state index is 0. The van der Waals surface area contributed by atoms with Crippen LogP contribution in [0.1, 0.15) is 10.6 Å². The molecule has 1 aromatic heterocycles. The molecule has 1 aromatic rings. The first kappa shape index (κ1) is 16.2. The van der Waals surface area contributed by atoms with Crippen molar-refractivity contribution in [3.63, 3.8) is 0 Å². The van der Waals surface area contributed by atoms with Crippen LogP contribution in [0.3, 0.4) is 0 Å². The Balaban J connectivity index is 0.00000225. The average molecular weight is 295 g/mol. The molecule has 0 aliphatic rings. The summed E-state index contributed by atoms with van der Waals surface area (Å²) in [5.41, 5.74) is 0. The van der Waals surface area contributed by atoms with E-state index >= 15 is 0 Å². The van der Waals surface area contributed by atoms with Gasteiger partial charge >= 0.3 is 61.8 Å². The molecule has 0 bridgehead atoms. The van der Waals surface area contributed by atoms with Crippen LogP contribution >= 0.6 is 0 Å². The van der Waals surface area contributed by atoms with E-state index in [1.165, 1.54) is 6.07 Å². The van der Waals surface area contributed by atoms with Crippen molar-refractivity contribution >= 4 is 27.6 Å². The third-order valence-electron chi connectivity index (χ3n) is 1.02. The SMILES string of the molecule is O=Cc1ccc(O[S-](=O)=NS(=O)(=O)F)o1.[K+]. The van der Waals surface area contributed by atoms with E-state index in [0.717, 1.165) is 6.07 Å². The minimum Gasteiger partial charge on any atom is -0.519 e. The zero-order chi connectivity index (χ0) is 11.5. The van der Waals surface area contributed by atoms with Crippen LogP contribution in [0.4, 0.5) is 3.89 Å². The monoisotopic (exact) mass is 295 g/mol. The van der Waals surface area contributed by atoms with Crippen LogP contribution in [-0.4, -0.2) is 14.7 Å². The van der Waals surface area contributed by atoms with Crippen molar-refractivity contribution in [1.82, 2.24) is 0 Å². The minimum atomic E-state index is -5.25. The summed E-state index contributed by atoms with van der Waals surface area (Å²) in [7, 11) is -8.03. The number of carbonyl (C=O) groups is 1. The van der Waals surface area contributed by atoms with Gasteiger partial charge in [0, 0.05) is 16.9 Å². The van der Waals surface area contributed by atoms with Crippen LogP contribution in [0.25, 0.3) is 0 Å². The fourth-order valence-corrected chi connectivity index (χ4v) is 1.53. The van der Waals surface area contributed by atoms with Crippen molar-refractivity contribution in [2.75, 3.05) is 0 Å². The van der Waals surface area contributed by atoms with E-state index in [9.17, 15) is 21.3 Å². The summed E-state index contributed by atoms with van der Waals surface area (Å²) in [5, 5.41) is 0. The Hall–Kier alpha value is 0.216. The van der Waals surface area contributed by atoms with E-state index in [-0.39, 0.29) is 57.1 Å². The smallest absolute Gasteiger partial charge is 0.519 e. The molecule has 0 amide bonds. The zero-order valence-electron chi connectivity index (χ0n) is 7.82. The van der Waals surface area contributed by atoms with E-state index in [1.54, 1.807) is 0 Å². The van der Waals surface area contributed by atoms with E-state index in [2.05, 4.69) is 12.4 Å². The molecule has 0 atom stereocenters. The van der Waals surface area contributed by atoms with Gasteiger partial charge in [-0.15, -0.1) is 0 Å². The molecule has 16 heavy (non-hydrogen) atoms. The number of rotatable bonds is 4. The average Bonchev–Trinajstić information content (AvgIpc) is 2.48. The predicted molar refractivity (Wildman–Crippen MR) is 45.2 cm³/mol. The first-order valence-electron chi connectivity index (χ1n) is 3.23. The number of hydrogen-bond acceptors (Lipinski definition) is 7. The molecule has 0 saturated heterocycles. The maximum absolute atomic E-state index is 11.9. The van der Waals surface area contributed by atoms with E-state index in [0.29, 0.717) is 6.29 Å². The Bertz CT molecular complexity index is 545. The molecule has 0 aromatic carbocycles. The van der Waals surface area contributed by atoms with Crippen LogP contribution < -0.4 is 55.6 Å². The largest absolute Gasteiger partial charge is 1.00 e. The van der Waals surface area contributed by atoms with Gasteiger partial charge in [-0.3, -0.25) is 4.79 Å². The summed E-state index contributed by atoms with van der Waals surface area (Å²) in [6.45, 7) is 0. The van der Waals surface area contributed by atoms with Crippen LogP contribution in [0, 0.1) is 0 Å². The zero-order valence-corrected chi connectivity index (χ0v) is 12.6. The van der Waals surface area contributed by atoms with Crippen LogP contribution in [0.2, 0.25) is 0 Å². The van der Waals surface area contributed by atoms with Crippen molar-refractivity contribution < 1.29 is 81.3 Å². The normalized spacial score (nSPS) is 12.8. The Morgan fingerprint density at radius 1 is 1.50 bits per heavy atom. The molecule has 0 fully saturated rings. The van der Waals surface area contributed by atoms with Gasteiger partial charge in [0.2, 0.25) is 0 Å². The van der Waals surface area contributed by atoms with Gasteiger partial charge in [0.15, 0.2) is 12.0 Å². The molecule has 11 heteroatoms.